The van der Waals surface area contributed by atoms with Crippen molar-refractivity contribution in [2.45, 2.75) is 6.42 Å². The van der Waals surface area contributed by atoms with Crippen molar-refractivity contribution in [2.75, 3.05) is 0 Å². The fourth-order valence-corrected chi connectivity index (χ4v) is 2.94. The van der Waals surface area contributed by atoms with Crippen molar-refractivity contribution in [1.82, 2.24) is 5.43 Å². The largest absolute Gasteiger partial charge is 0.273 e. The topological polar surface area (TPSA) is 41.5 Å². The summed E-state index contributed by atoms with van der Waals surface area (Å²) in [5.41, 5.74) is 4.62. The van der Waals surface area contributed by atoms with E-state index in [-0.39, 0.29) is 5.91 Å². The molecular weight excluding hydrogens is 376 g/mol. The molecule has 0 aliphatic heterocycles. The average Bonchev–Trinajstić information content (AvgIpc) is 2.63. The molecule has 0 saturated heterocycles. The first kappa shape index (κ1) is 17.1. The number of hydrogen-bond donors (Lipinski definition) is 1. The minimum atomic E-state index is -0.146. The fraction of sp³-hybridized carbons (Fsp3) is 0.0476. The van der Waals surface area contributed by atoms with Crippen molar-refractivity contribution in [3.8, 4) is 0 Å². The lowest BCUT2D eigenvalue weighted by Gasteiger charge is -2.05. The lowest BCUT2D eigenvalue weighted by molar-refractivity contribution is -0.120. The first-order valence-corrected chi connectivity index (χ1v) is 8.72. The van der Waals surface area contributed by atoms with E-state index in [1.807, 2.05) is 78.9 Å². The minimum absolute atomic E-state index is 0.146. The van der Waals surface area contributed by atoms with Gasteiger partial charge in [-0.15, -0.1) is 0 Å². The molecule has 25 heavy (non-hydrogen) atoms. The molecule has 1 N–H and O–H groups in total. The molecule has 0 aliphatic carbocycles. The molecule has 0 heterocycles. The van der Waals surface area contributed by atoms with Gasteiger partial charge >= 0.3 is 0 Å². The standard InChI is InChI=1S/C21H17BrN2O/c22-19(13-16-7-2-1-3-8-16)15-23-24-21(25)14-18-11-6-10-17-9-4-5-12-20(17)18/h1-13,15H,14H2,(H,24,25). The minimum Gasteiger partial charge on any atom is -0.273 e. The van der Waals surface area contributed by atoms with Crippen molar-refractivity contribution in [3.05, 3.63) is 88.4 Å². The average molecular weight is 393 g/mol. The SMILES string of the molecule is O=C(Cc1cccc2ccccc12)NN=CC(Br)=Cc1ccccc1. The van der Waals surface area contributed by atoms with Crippen LogP contribution in [0.4, 0.5) is 0 Å². The number of nitrogens with one attached hydrogen (secondary N) is 1. The van der Waals surface area contributed by atoms with Crippen LogP contribution in [0.15, 0.2) is 82.4 Å². The van der Waals surface area contributed by atoms with Gasteiger partial charge in [-0.05, 0) is 43.9 Å². The van der Waals surface area contributed by atoms with Gasteiger partial charge in [0.2, 0.25) is 5.91 Å². The lowest BCUT2D eigenvalue weighted by atomic mass is 10.0. The second-order valence-corrected chi connectivity index (χ2v) is 6.46. The van der Waals surface area contributed by atoms with E-state index in [4.69, 9.17) is 0 Å². The number of benzene rings is 3. The zero-order valence-electron chi connectivity index (χ0n) is 13.5. The number of nitrogens with zero attached hydrogens (tertiary/aromatic N) is 1. The fourth-order valence-electron chi connectivity index (χ4n) is 2.57. The van der Waals surface area contributed by atoms with Crippen LogP contribution in [0.1, 0.15) is 11.1 Å². The number of hydrazone groups is 1. The number of amides is 1. The van der Waals surface area contributed by atoms with Crippen molar-refractivity contribution >= 4 is 44.9 Å². The quantitative estimate of drug-likeness (QED) is 0.485. The molecule has 3 rings (SSSR count). The van der Waals surface area contributed by atoms with Gasteiger partial charge in [-0.2, -0.15) is 5.10 Å². The Bertz CT molecular complexity index is 928. The Morgan fingerprint density at radius 3 is 2.52 bits per heavy atom. The number of halogens is 1. The van der Waals surface area contributed by atoms with Crippen LogP contribution in [0.25, 0.3) is 16.8 Å². The highest BCUT2D eigenvalue weighted by Gasteiger charge is 2.05. The van der Waals surface area contributed by atoms with Gasteiger partial charge in [0, 0.05) is 4.48 Å². The van der Waals surface area contributed by atoms with E-state index in [2.05, 4.69) is 26.5 Å². The van der Waals surface area contributed by atoms with Crippen LogP contribution in [0.5, 0.6) is 0 Å². The van der Waals surface area contributed by atoms with Gasteiger partial charge in [0.15, 0.2) is 0 Å². The molecule has 4 heteroatoms. The Labute approximate surface area is 155 Å². The summed E-state index contributed by atoms with van der Waals surface area (Å²) >= 11 is 3.42. The maximum absolute atomic E-state index is 12.1. The zero-order chi connectivity index (χ0) is 17.5. The Hall–Kier alpha value is -2.72. The van der Waals surface area contributed by atoms with Crippen molar-refractivity contribution in [3.63, 3.8) is 0 Å². The van der Waals surface area contributed by atoms with Crippen LogP contribution < -0.4 is 5.43 Å². The maximum Gasteiger partial charge on any atom is 0.244 e. The van der Waals surface area contributed by atoms with Gasteiger partial charge < -0.3 is 0 Å². The van der Waals surface area contributed by atoms with Crippen LogP contribution in [0, 0.1) is 0 Å². The second kappa shape index (κ2) is 8.40. The van der Waals surface area contributed by atoms with Gasteiger partial charge in [-0.25, -0.2) is 5.43 Å². The third-order valence-electron chi connectivity index (χ3n) is 3.71. The summed E-state index contributed by atoms with van der Waals surface area (Å²) in [6.07, 6.45) is 3.80. The molecule has 3 nitrogen and oxygen atoms in total. The van der Waals surface area contributed by atoms with Crippen LogP contribution in [0.3, 0.4) is 0 Å². The van der Waals surface area contributed by atoms with E-state index in [1.165, 1.54) is 0 Å². The summed E-state index contributed by atoms with van der Waals surface area (Å²) in [5.74, 6) is -0.146. The predicted octanol–water partition coefficient (Wildman–Crippen LogP) is 4.92. The molecule has 3 aromatic rings. The molecule has 0 radical (unpaired) electrons. The summed E-state index contributed by atoms with van der Waals surface area (Å²) < 4.78 is 0.782. The number of rotatable bonds is 5. The van der Waals surface area contributed by atoms with Crippen molar-refractivity contribution in [2.24, 2.45) is 5.10 Å². The molecule has 0 fully saturated rings. The molecule has 1 amide bonds. The molecule has 0 atom stereocenters. The Kier molecular flexibility index (Phi) is 5.75. The van der Waals surface area contributed by atoms with E-state index in [1.54, 1.807) is 6.21 Å². The highest BCUT2D eigenvalue weighted by Crippen LogP contribution is 2.18. The van der Waals surface area contributed by atoms with Crippen LogP contribution >= 0.6 is 15.9 Å². The van der Waals surface area contributed by atoms with Crippen LogP contribution in [-0.4, -0.2) is 12.1 Å². The monoisotopic (exact) mass is 392 g/mol. The van der Waals surface area contributed by atoms with Crippen LogP contribution in [0.2, 0.25) is 0 Å². The first-order valence-electron chi connectivity index (χ1n) is 7.93. The van der Waals surface area contributed by atoms with Gasteiger partial charge in [-0.3, -0.25) is 4.79 Å². The Morgan fingerprint density at radius 1 is 0.960 bits per heavy atom. The van der Waals surface area contributed by atoms with E-state index < -0.39 is 0 Å². The van der Waals surface area contributed by atoms with Crippen molar-refractivity contribution < 1.29 is 4.79 Å². The summed E-state index contributed by atoms with van der Waals surface area (Å²) in [6, 6.07) is 23.9. The molecule has 124 valence electrons. The van der Waals surface area contributed by atoms with E-state index >= 15 is 0 Å². The smallest absolute Gasteiger partial charge is 0.244 e. The molecule has 3 aromatic carbocycles. The summed E-state index contributed by atoms with van der Waals surface area (Å²) in [6.45, 7) is 0. The number of allylic oxidation sites excluding steroid dienone is 1. The first-order chi connectivity index (χ1) is 12.2. The molecule has 0 aromatic heterocycles. The number of carbonyl (C=O) groups excluding carboxylic acids is 1. The second-order valence-electron chi connectivity index (χ2n) is 5.55. The molecule has 0 spiro atoms. The molecule has 0 bridgehead atoms. The number of fused-ring (bicyclic) bond motifs is 1. The third kappa shape index (κ3) is 4.88. The van der Waals surface area contributed by atoms with Gasteiger partial charge in [0.05, 0.1) is 12.6 Å². The normalized spacial score (nSPS) is 11.8. The number of carbonyl (C=O) groups is 1. The third-order valence-corrected chi connectivity index (χ3v) is 4.15. The van der Waals surface area contributed by atoms with Gasteiger partial charge in [-0.1, -0.05) is 72.8 Å². The predicted molar refractivity (Wildman–Crippen MR) is 108 cm³/mol. The highest BCUT2D eigenvalue weighted by molar-refractivity contribution is 9.12. The zero-order valence-corrected chi connectivity index (χ0v) is 15.1. The molecule has 0 saturated carbocycles. The van der Waals surface area contributed by atoms with E-state index in [9.17, 15) is 4.79 Å². The molecule has 0 aliphatic rings. The maximum atomic E-state index is 12.1. The summed E-state index contributed by atoms with van der Waals surface area (Å²) in [5, 5.41) is 6.23. The highest BCUT2D eigenvalue weighted by atomic mass is 79.9. The summed E-state index contributed by atoms with van der Waals surface area (Å²) in [7, 11) is 0. The Morgan fingerprint density at radius 2 is 1.68 bits per heavy atom. The lowest BCUT2D eigenvalue weighted by Crippen LogP contribution is -2.19. The Balaban J connectivity index is 1.62. The number of hydrogen-bond acceptors (Lipinski definition) is 2. The molecule has 0 unspecified atom stereocenters. The van der Waals surface area contributed by atoms with Gasteiger partial charge in [0.1, 0.15) is 0 Å². The van der Waals surface area contributed by atoms with Gasteiger partial charge in [0.25, 0.3) is 0 Å². The summed E-state index contributed by atoms with van der Waals surface area (Å²) in [4.78, 5) is 12.1. The van der Waals surface area contributed by atoms with E-state index in [0.717, 1.165) is 26.4 Å². The van der Waals surface area contributed by atoms with E-state index in [0.29, 0.717) is 6.42 Å². The van der Waals surface area contributed by atoms with Crippen LogP contribution in [-0.2, 0) is 11.2 Å². The molecular formula is C21H17BrN2O. The van der Waals surface area contributed by atoms with Crippen molar-refractivity contribution in [1.29, 1.82) is 0 Å².